The SMILES string of the molecule is COc1ccccc1N1CCN2c3cc(Cl)ccc3CC3(C(=O)CC(C)(C)CC3=O)[C@@H]2C1. The monoisotopic (exact) mass is 452 g/mol. The average Bonchev–Trinajstić information content (AvgIpc) is 2.76. The number of ketones is 2. The number of halogens is 1. The van der Waals surface area contributed by atoms with E-state index in [0.717, 1.165) is 29.2 Å². The molecular formula is C26H29ClN2O3. The lowest BCUT2D eigenvalue weighted by molar-refractivity contribution is -0.150. The fraction of sp³-hybridized carbons (Fsp3) is 0.462. The molecule has 1 aliphatic carbocycles. The molecule has 2 aromatic rings. The number of anilines is 2. The minimum atomic E-state index is -1.02. The van der Waals surface area contributed by atoms with Crippen LogP contribution in [0.2, 0.25) is 5.02 Å². The molecular weight excluding hydrogens is 424 g/mol. The second-order valence-electron chi connectivity index (χ2n) is 10.1. The number of nitrogens with zero attached hydrogens (tertiary/aromatic N) is 2. The van der Waals surface area contributed by atoms with Gasteiger partial charge in [0.2, 0.25) is 0 Å². The molecule has 0 unspecified atom stereocenters. The Morgan fingerprint density at radius 3 is 2.41 bits per heavy atom. The van der Waals surface area contributed by atoms with Crippen LogP contribution in [0.1, 0.15) is 32.3 Å². The summed E-state index contributed by atoms with van der Waals surface area (Å²) < 4.78 is 5.61. The van der Waals surface area contributed by atoms with Crippen molar-refractivity contribution in [3.63, 3.8) is 0 Å². The molecule has 6 heteroatoms. The fourth-order valence-corrected chi connectivity index (χ4v) is 6.11. The Labute approximate surface area is 194 Å². The summed E-state index contributed by atoms with van der Waals surface area (Å²) in [6.07, 6.45) is 1.31. The van der Waals surface area contributed by atoms with Crippen molar-refractivity contribution in [3.05, 3.63) is 53.1 Å². The van der Waals surface area contributed by atoms with E-state index in [-0.39, 0.29) is 23.0 Å². The maximum atomic E-state index is 13.8. The highest BCUT2D eigenvalue weighted by Gasteiger charge is 2.60. The summed E-state index contributed by atoms with van der Waals surface area (Å²) in [5.74, 6) is 0.962. The number of rotatable bonds is 2. The van der Waals surface area contributed by atoms with Crippen LogP contribution in [-0.2, 0) is 16.0 Å². The molecule has 2 aliphatic heterocycles. The zero-order chi connectivity index (χ0) is 22.7. The molecule has 1 spiro atoms. The molecule has 1 saturated carbocycles. The second kappa shape index (κ2) is 7.51. The number of carbonyl (C=O) groups excluding carboxylic acids is 2. The number of Topliss-reactive ketones (excluding diaryl/α,β-unsaturated/α-hetero) is 2. The Morgan fingerprint density at radius 2 is 1.69 bits per heavy atom. The van der Waals surface area contributed by atoms with Crippen molar-refractivity contribution in [2.24, 2.45) is 10.8 Å². The minimum absolute atomic E-state index is 0.0798. The van der Waals surface area contributed by atoms with Crippen LogP contribution < -0.4 is 14.5 Å². The maximum Gasteiger partial charge on any atom is 0.149 e. The third-order valence-electron chi connectivity index (χ3n) is 7.47. The van der Waals surface area contributed by atoms with E-state index in [1.807, 2.05) is 56.3 Å². The third-order valence-corrected chi connectivity index (χ3v) is 7.71. The van der Waals surface area contributed by atoms with E-state index in [0.29, 0.717) is 37.4 Å². The van der Waals surface area contributed by atoms with Crippen LogP contribution in [0.5, 0.6) is 5.75 Å². The lowest BCUT2D eigenvalue weighted by atomic mass is 9.56. The van der Waals surface area contributed by atoms with Crippen molar-refractivity contribution >= 4 is 34.5 Å². The van der Waals surface area contributed by atoms with E-state index in [1.54, 1.807) is 7.11 Å². The van der Waals surface area contributed by atoms with Gasteiger partial charge >= 0.3 is 0 Å². The van der Waals surface area contributed by atoms with Gasteiger partial charge < -0.3 is 14.5 Å². The van der Waals surface area contributed by atoms with Crippen molar-refractivity contribution < 1.29 is 14.3 Å². The van der Waals surface area contributed by atoms with Gasteiger partial charge in [-0.1, -0.05) is 43.6 Å². The molecule has 1 atom stereocenters. The number of fused-ring (bicyclic) bond motifs is 4. The van der Waals surface area contributed by atoms with Gasteiger partial charge in [-0.2, -0.15) is 0 Å². The van der Waals surface area contributed by atoms with E-state index in [4.69, 9.17) is 16.3 Å². The molecule has 5 rings (SSSR count). The van der Waals surface area contributed by atoms with Crippen molar-refractivity contribution in [1.82, 2.24) is 0 Å². The van der Waals surface area contributed by atoms with E-state index in [1.165, 1.54) is 0 Å². The summed E-state index contributed by atoms with van der Waals surface area (Å²) in [5, 5.41) is 0.674. The summed E-state index contributed by atoms with van der Waals surface area (Å²) >= 11 is 6.36. The number of hydrogen-bond donors (Lipinski definition) is 0. The van der Waals surface area contributed by atoms with Gasteiger partial charge in [-0.25, -0.2) is 0 Å². The average molecular weight is 453 g/mol. The molecule has 2 aromatic carbocycles. The Kier molecular flexibility index (Phi) is 5.01. The molecule has 32 heavy (non-hydrogen) atoms. The lowest BCUT2D eigenvalue weighted by Crippen LogP contribution is -2.69. The Morgan fingerprint density at radius 1 is 0.969 bits per heavy atom. The van der Waals surface area contributed by atoms with Crippen molar-refractivity contribution in [1.29, 1.82) is 0 Å². The molecule has 0 radical (unpaired) electrons. The van der Waals surface area contributed by atoms with Crippen LogP contribution >= 0.6 is 11.6 Å². The van der Waals surface area contributed by atoms with Gasteiger partial charge in [0, 0.05) is 43.2 Å². The van der Waals surface area contributed by atoms with Gasteiger partial charge in [0.05, 0.1) is 18.8 Å². The zero-order valence-corrected chi connectivity index (χ0v) is 19.6. The Balaban J connectivity index is 1.62. The van der Waals surface area contributed by atoms with Crippen LogP contribution in [0.4, 0.5) is 11.4 Å². The molecule has 5 nitrogen and oxygen atoms in total. The van der Waals surface area contributed by atoms with E-state index >= 15 is 0 Å². The number of carbonyl (C=O) groups is 2. The van der Waals surface area contributed by atoms with Gasteiger partial charge in [0.15, 0.2) is 0 Å². The summed E-state index contributed by atoms with van der Waals surface area (Å²) in [6.45, 7) is 6.11. The number of para-hydroxylation sites is 2. The van der Waals surface area contributed by atoms with Crippen LogP contribution in [0, 0.1) is 10.8 Å². The molecule has 2 heterocycles. The second-order valence-corrected chi connectivity index (χ2v) is 10.5. The van der Waals surface area contributed by atoms with Crippen molar-refractivity contribution in [2.45, 2.75) is 39.2 Å². The standard InChI is InChI=1S/C26H29ClN2O3/c1-25(2)14-23(30)26(24(31)15-25)13-17-8-9-18(27)12-20(17)29-11-10-28(16-22(26)29)19-6-4-5-7-21(19)32-3/h4-9,12,22H,10-11,13-16H2,1-3H3/t22-/m0/s1. The summed E-state index contributed by atoms with van der Waals surface area (Å²) in [7, 11) is 1.67. The highest BCUT2D eigenvalue weighted by molar-refractivity contribution is 6.31. The molecule has 0 bridgehead atoms. The molecule has 168 valence electrons. The van der Waals surface area contributed by atoms with Crippen molar-refractivity contribution in [2.75, 3.05) is 36.5 Å². The first-order chi connectivity index (χ1) is 15.2. The third kappa shape index (κ3) is 3.21. The number of ether oxygens (including phenoxy) is 1. The topological polar surface area (TPSA) is 49.9 Å². The van der Waals surface area contributed by atoms with Crippen LogP contribution in [0.25, 0.3) is 0 Å². The predicted molar refractivity (Wildman–Crippen MR) is 127 cm³/mol. The lowest BCUT2D eigenvalue weighted by Gasteiger charge is -2.56. The van der Waals surface area contributed by atoms with Crippen LogP contribution in [0.15, 0.2) is 42.5 Å². The normalized spacial score (nSPS) is 23.7. The summed E-state index contributed by atoms with van der Waals surface area (Å²) in [5.41, 5.74) is 1.78. The summed E-state index contributed by atoms with van der Waals surface area (Å²) in [6, 6.07) is 13.5. The first-order valence-electron chi connectivity index (χ1n) is 11.2. The molecule has 2 fully saturated rings. The predicted octanol–water partition coefficient (Wildman–Crippen LogP) is 4.54. The summed E-state index contributed by atoms with van der Waals surface area (Å²) in [4.78, 5) is 32.1. The molecule has 0 amide bonds. The quantitative estimate of drug-likeness (QED) is 0.626. The molecule has 0 N–H and O–H groups in total. The van der Waals surface area contributed by atoms with Gasteiger partial charge in [-0.05, 0) is 41.7 Å². The van der Waals surface area contributed by atoms with Crippen LogP contribution in [-0.4, -0.2) is 44.4 Å². The Hall–Kier alpha value is -2.53. The highest BCUT2D eigenvalue weighted by atomic mass is 35.5. The van der Waals surface area contributed by atoms with Gasteiger partial charge in [0.25, 0.3) is 0 Å². The number of benzene rings is 2. The highest BCUT2D eigenvalue weighted by Crippen LogP contribution is 2.51. The van der Waals surface area contributed by atoms with Crippen molar-refractivity contribution in [3.8, 4) is 5.75 Å². The van der Waals surface area contributed by atoms with E-state index in [2.05, 4.69) is 9.80 Å². The van der Waals surface area contributed by atoms with E-state index < -0.39 is 5.41 Å². The molecule has 3 aliphatic rings. The van der Waals surface area contributed by atoms with Gasteiger partial charge in [-0.3, -0.25) is 9.59 Å². The number of methoxy groups -OCH3 is 1. The minimum Gasteiger partial charge on any atom is -0.495 e. The largest absolute Gasteiger partial charge is 0.495 e. The maximum absolute atomic E-state index is 13.8. The fourth-order valence-electron chi connectivity index (χ4n) is 5.95. The number of piperazine rings is 1. The van der Waals surface area contributed by atoms with Crippen LogP contribution in [0.3, 0.4) is 0 Å². The first kappa shape index (κ1) is 21.3. The molecule has 1 saturated heterocycles. The van der Waals surface area contributed by atoms with Gasteiger partial charge in [-0.15, -0.1) is 0 Å². The zero-order valence-electron chi connectivity index (χ0n) is 18.9. The van der Waals surface area contributed by atoms with E-state index in [9.17, 15) is 9.59 Å². The Bertz CT molecular complexity index is 1080. The van der Waals surface area contributed by atoms with Gasteiger partial charge in [0.1, 0.15) is 22.7 Å². The number of hydrogen-bond acceptors (Lipinski definition) is 5. The first-order valence-corrected chi connectivity index (χ1v) is 11.6. The smallest absolute Gasteiger partial charge is 0.149 e. The molecule has 0 aromatic heterocycles.